The maximum absolute atomic E-state index is 12.5. The summed E-state index contributed by atoms with van der Waals surface area (Å²) in [5.41, 5.74) is 0. The summed E-state index contributed by atoms with van der Waals surface area (Å²) in [4.78, 5) is 3.60. The SMILES string of the molecule is Fc1cncn1CCOI. The van der Waals surface area contributed by atoms with Gasteiger partial charge in [-0.1, -0.05) is 0 Å². The lowest BCUT2D eigenvalue weighted by atomic mass is 10.7. The number of aromatic nitrogens is 2. The molecule has 0 unspecified atom stereocenters. The first-order chi connectivity index (χ1) is 4.84. The maximum atomic E-state index is 12.5. The predicted octanol–water partition coefficient (Wildman–Crippen LogP) is 1.39. The molecular formula is C5H6FIN2O. The number of imidazole rings is 1. The topological polar surface area (TPSA) is 27.1 Å². The van der Waals surface area contributed by atoms with Crippen LogP contribution < -0.4 is 0 Å². The van der Waals surface area contributed by atoms with Crippen LogP contribution in [0.3, 0.4) is 0 Å². The summed E-state index contributed by atoms with van der Waals surface area (Å²) in [5.74, 6) is -0.326. The molecule has 0 amide bonds. The van der Waals surface area contributed by atoms with Crippen LogP contribution in [0, 0.1) is 5.95 Å². The zero-order chi connectivity index (χ0) is 7.40. The van der Waals surface area contributed by atoms with Crippen molar-refractivity contribution in [1.82, 2.24) is 9.55 Å². The molecule has 0 aliphatic rings. The molecule has 1 heterocycles. The monoisotopic (exact) mass is 256 g/mol. The van der Waals surface area contributed by atoms with Crippen molar-refractivity contribution in [3.8, 4) is 0 Å². The van der Waals surface area contributed by atoms with Gasteiger partial charge in [0.15, 0.2) is 0 Å². The van der Waals surface area contributed by atoms with Gasteiger partial charge in [0.05, 0.1) is 25.7 Å². The molecule has 0 aliphatic carbocycles. The van der Waals surface area contributed by atoms with E-state index in [-0.39, 0.29) is 5.95 Å². The Labute approximate surface area is 71.9 Å². The molecule has 0 N–H and O–H groups in total. The quantitative estimate of drug-likeness (QED) is 0.764. The zero-order valence-electron chi connectivity index (χ0n) is 5.13. The number of hydrogen-bond acceptors (Lipinski definition) is 2. The molecule has 1 aromatic heterocycles. The molecule has 0 saturated heterocycles. The molecular weight excluding hydrogens is 250 g/mol. The van der Waals surface area contributed by atoms with E-state index in [1.807, 2.05) is 0 Å². The van der Waals surface area contributed by atoms with Gasteiger partial charge in [0.1, 0.15) is 23.0 Å². The van der Waals surface area contributed by atoms with Crippen molar-refractivity contribution < 1.29 is 7.46 Å². The van der Waals surface area contributed by atoms with Gasteiger partial charge in [-0.25, -0.2) is 4.98 Å². The van der Waals surface area contributed by atoms with Crippen LogP contribution in [0.4, 0.5) is 4.39 Å². The molecule has 1 aromatic rings. The Morgan fingerprint density at radius 3 is 3.10 bits per heavy atom. The average molecular weight is 256 g/mol. The second-order valence-corrected chi connectivity index (χ2v) is 2.35. The minimum Gasteiger partial charge on any atom is -0.314 e. The average Bonchev–Trinajstić information content (AvgIpc) is 2.31. The highest BCUT2D eigenvalue weighted by Crippen LogP contribution is 1.96. The van der Waals surface area contributed by atoms with Gasteiger partial charge in [-0.15, -0.1) is 0 Å². The molecule has 10 heavy (non-hydrogen) atoms. The largest absolute Gasteiger partial charge is 0.314 e. The maximum Gasteiger partial charge on any atom is 0.213 e. The van der Waals surface area contributed by atoms with Crippen LogP contribution in [0.5, 0.6) is 0 Å². The first-order valence-electron chi connectivity index (χ1n) is 2.74. The summed E-state index contributed by atoms with van der Waals surface area (Å²) in [5, 5.41) is 0. The van der Waals surface area contributed by atoms with Crippen LogP contribution in [0.25, 0.3) is 0 Å². The second kappa shape index (κ2) is 3.87. The Kier molecular flexibility index (Phi) is 3.07. The van der Waals surface area contributed by atoms with Crippen molar-refractivity contribution in [3.05, 3.63) is 18.5 Å². The van der Waals surface area contributed by atoms with Gasteiger partial charge in [-0.05, 0) is 0 Å². The van der Waals surface area contributed by atoms with E-state index in [1.54, 1.807) is 23.0 Å². The first kappa shape index (κ1) is 7.93. The van der Waals surface area contributed by atoms with Gasteiger partial charge >= 0.3 is 0 Å². The molecule has 0 aliphatic heterocycles. The van der Waals surface area contributed by atoms with E-state index in [9.17, 15) is 4.39 Å². The Morgan fingerprint density at radius 2 is 2.60 bits per heavy atom. The van der Waals surface area contributed by atoms with E-state index in [1.165, 1.54) is 17.1 Å². The van der Waals surface area contributed by atoms with Gasteiger partial charge < -0.3 is 7.63 Å². The van der Waals surface area contributed by atoms with Crippen molar-refractivity contribution in [2.45, 2.75) is 6.54 Å². The van der Waals surface area contributed by atoms with E-state index in [0.29, 0.717) is 13.2 Å². The zero-order valence-corrected chi connectivity index (χ0v) is 7.29. The second-order valence-electron chi connectivity index (χ2n) is 1.72. The highest BCUT2D eigenvalue weighted by molar-refractivity contribution is 14.1. The normalized spacial score (nSPS) is 10.2. The lowest BCUT2D eigenvalue weighted by Gasteiger charge is -1.98. The van der Waals surface area contributed by atoms with Crippen LogP contribution in [0.2, 0.25) is 0 Å². The van der Waals surface area contributed by atoms with Gasteiger partial charge in [-0.2, -0.15) is 4.39 Å². The molecule has 0 aromatic carbocycles. The van der Waals surface area contributed by atoms with Gasteiger partial charge in [0.2, 0.25) is 5.95 Å². The predicted molar refractivity (Wildman–Crippen MR) is 42.2 cm³/mol. The number of hydrogen-bond donors (Lipinski definition) is 0. The molecule has 0 bridgehead atoms. The number of halogens is 2. The van der Waals surface area contributed by atoms with Crippen LogP contribution in [0.1, 0.15) is 0 Å². The van der Waals surface area contributed by atoms with Gasteiger partial charge in [0.25, 0.3) is 0 Å². The minimum atomic E-state index is -0.326. The first-order valence-corrected chi connectivity index (χ1v) is 3.62. The van der Waals surface area contributed by atoms with Crippen LogP contribution in [-0.4, -0.2) is 16.2 Å². The molecule has 3 nitrogen and oxygen atoms in total. The van der Waals surface area contributed by atoms with Crippen LogP contribution >= 0.6 is 23.0 Å². The van der Waals surface area contributed by atoms with Crippen molar-refractivity contribution in [1.29, 1.82) is 0 Å². The third kappa shape index (κ3) is 1.91. The van der Waals surface area contributed by atoms with Crippen molar-refractivity contribution in [3.63, 3.8) is 0 Å². The molecule has 5 heteroatoms. The van der Waals surface area contributed by atoms with Crippen LogP contribution in [0.15, 0.2) is 12.5 Å². The molecule has 56 valence electrons. The third-order valence-electron chi connectivity index (χ3n) is 1.07. The molecule has 0 radical (unpaired) electrons. The van der Waals surface area contributed by atoms with Crippen molar-refractivity contribution >= 4 is 23.0 Å². The minimum absolute atomic E-state index is 0.326. The summed E-state index contributed by atoms with van der Waals surface area (Å²) in [6.07, 6.45) is 2.61. The Balaban J connectivity index is 2.49. The lowest BCUT2D eigenvalue weighted by molar-refractivity contribution is 0.369. The molecule has 1 rings (SSSR count). The number of rotatable bonds is 3. The summed E-state index contributed by atoms with van der Waals surface area (Å²) in [6, 6.07) is 0. The Hall–Kier alpha value is -0.170. The molecule has 0 saturated carbocycles. The molecule has 0 spiro atoms. The fourth-order valence-electron chi connectivity index (χ4n) is 0.602. The lowest BCUT2D eigenvalue weighted by Crippen LogP contribution is -2.02. The van der Waals surface area contributed by atoms with Crippen LogP contribution in [-0.2, 0) is 9.61 Å². The summed E-state index contributed by atoms with van der Waals surface area (Å²) in [7, 11) is 0. The van der Waals surface area contributed by atoms with Crippen molar-refractivity contribution in [2.24, 2.45) is 0 Å². The van der Waals surface area contributed by atoms with E-state index in [4.69, 9.17) is 3.07 Å². The molecule has 0 fully saturated rings. The van der Waals surface area contributed by atoms with Crippen molar-refractivity contribution in [2.75, 3.05) is 6.61 Å². The summed E-state index contributed by atoms with van der Waals surface area (Å²) < 4.78 is 18.6. The van der Waals surface area contributed by atoms with Gasteiger partial charge in [0, 0.05) is 0 Å². The van der Waals surface area contributed by atoms with E-state index >= 15 is 0 Å². The van der Waals surface area contributed by atoms with E-state index in [0.717, 1.165) is 0 Å². The highest BCUT2D eigenvalue weighted by atomic mass is 127. The number of nitrogens with zero attached hydrogens (tertiary/aromatic N) is 2. The Bertz CT molecular complexity index is 203. The summed E-state index contributed by atoms with van der Waals surface area (Å²) in [6.45, 7) is 1.00. The molecule has 0 atom stereocenters. The van der Waals surface area contributed by atoms with Gasteiger partial charge in [-0.3, -0.25) is 0 Å². The standard InChI is InChI=1S/C5H6FIN2O/c6-5-3-8-4-9(5)1-2-10-7/h3-4H,1-2H2. The fraction of sp³-hybridized carbons (Fsp3) is 0.400. The highest BCUT2D eigenvalue weighted by Gasteiger charge is 1.97. The fourth-order valence-corrected chi connectivity index (χ4v) is 0.799. The van der Waals surface area contributed by atoms with E-state index in [2.05, 4.69) is 4.98 Å². The summed E-state index contributed by atoms with van der Waals surface area (Å²) >= 11 is 1.77. The Morgan fingerprint density at radius 1 is 1.80 bits per heavy atom. The van der Waals surface area contributed by atoms with E-state index < -0.39 is 0 Å². The third-order valence-corrected chi connectivity index (χ3v) is 1.51. The smallest absolute Gasteiger partial charge is 0.213 e.